The minimum Gasteiger partial charge on any atom is -0.493 e. The smallest absolute Gasteiger partial charge is 0.281 e. The van der Waals surface area contributed by atoms with E-state index in [1.165, 1.54) is 49.0 Å². The second kappa shape index (κ2) is 8.33. The van der Waals surface area contributed by atoms with Crippen LogP contribution in [0.5, 0.6) is 11.5 Å². The number of nitrogens with zero attached hydrogens (tertiary/aromatic N) is 3. The van der Waals surface area contributed by atoms with Gasteiger partial charge in [0.15, 0.2) is 11.5 Å². The largest absolute Gasteiger partial charge is 0.493 e. The number of hydrogen-bond acceptors (Lipinski definition) is 6. The Morgan fingerprint density at radius 2 is 1.73 bits per heavy atom. The number of ether oxygens (including phenoxy) is 2. The maximum Gasteiger partial charge on any atom is 0.281 e. The van der Waals surface area contributed by atoms with Gasteiger partial charge in [-0.25, -0.2) is 8.91 Å². The molecule has 0 aliphatic carbocycles. The first kappa shape index (κ1) is 20.2. The van der Waals surface area contributed by atoms with E-state index in [-0.39, 0.29) is 5.82 Å². The van der Waals surface area contributed by atoms with Gasteiger partial charge in [0.25, 0.3) is 5.56 Å². The molecule has 0 aliphatic rings. The molecule has 4 rings (SSSR count). The van der Waals surface area contributed by atoms with Gasteiger partial charge in [0.1, 0.15) is 17.2 Å². The van der Waals surface area contributed by atoms with Crippen LogP contribution in [-0.2, 0) is 0 Å². The number of rotatable bonds is 5. The molecular weight excluding hydrogens is 429 g/mol. The highest BCUT2D eigenvalue weighted by Gasteiger charge is 2.18. The molecule has 30 heavy (non-hydrogen) atoms. The van der Waals surface area contributed by atoms with Crippen LogP contribution in [0.2, 0.25) is 5.02 Å². The lowest BCUT2D eigenvalue weighted by Gasteiger charge is -2.13. The zero-order valence-corrected chi connectivity index (χ0v) is 17.5. The molecule has 9 heteroatoms. The summed E-state index contributed by atoms with van der Waals surface area (Å²) < 4.78 is 25.2. The summed E-state index contributed by atoms with van der Waals surface area (Å²) in [4.78, 5) is 17.4. The van der Waals surface area contributed by atoms with Crippen molar-refractivity contribution >= 4 is 28.9 Å². The summed E-state index contributed by atoms with van der Waals surface area (Å²) >= 11 is 7.79. The minimum absolute atomic E-state index is 0.300. The van der Waals surface area contributed by atoms with Crippen molar-refractivity contribution in [2.24, 2.45) is 0 Å². The fourth-order valence-corrected chi connectivity index (χ4v) is 3.99. The fourth-order valence-electron chi connectivity index (χ4n) is 2.96. The second-order valence-electron chi connectivity index (χ2n) is 6.17. The molecule has 0 unspecified atom stereocenters. The first-order valence-corrected chi connectivity index (χ1v) is 9.93. The van der Waals surface area contributed by atoms with Crippen LogP contribution in [0.4, 0.5) is 4.39 Å². The van der Waals surface area contributed by atoms with Gasteiger partial charge >= 0.3 is 0 Å². The van der Waals surface area contributed by atoms with Gasteiger partial charge in [0, 0.05) is 16.5 Å². The van der Waals surface area contributed by atoms with Gasteiger partial charge in [-0.05, 0) is 42.5 Å². The highest BCUT2D eigenvalue weighted by Crippen LogP contribution is 2.38. The van der Waals surface area contributed by atoms with Crippen LogP contribution >= 0.6 is 23.4 Å². The average molecular weight is 444 g/mol. The van der Waals surface area contributed by atoms with Gasteiger partial charge < -0.3 is 9.47 Å². The van der Waals surface area contributed by atoms with E-state index in [1.807, 2.05) is 0 Å². The Bertz CT molecular complexity index is 1300. The van der Waals surface area contributed by atoms with E-state index >= 15 is 0 Å². The number of fused-ring (bicyclic) bond motifs is 1. The second-order valence-corrected chi connectivity index (χ2v) is 7.67. The molecule has 152 valence electrons. The van der Waals surface area contributed by atoms with Crippen LogP contribution in [0.3, 0.4) is 0 Å². The molecule has 0 atom stereocenters. The van der Waals surface area contributed by atoms with Gasteiger partial charge in [-0.2, -0.15) is 10.1 Å². The maximum absolute atomic E-state index is 13.1. The van der Waals surface area contributed by atoms with Crippen LogP contribution in [0.25, 0.3) is 16.6 Å². The van der Waals surface area contributed by atoms with Crippen molar-refractivity contribution in [2.45, 2.75) is 9.92 Å². The molecule has 0 N–H and O–H groups in total. The molecule has 2 aromatic carbocycles. The average Bonchev–Trinajstić information content (AvgIpc) is 2.75. The van der Waals surface area contributed by atoms with Gasteiger partial charge in [0.05, 0.1) is 30.3 Å². The summed E-state index contributed by atoms with van der Waals surface area (Å²) in [5.41, 5.74) is 0.859. The summed E-state index contributed by atoms with van der Waals surface area (Å²) in [6, 6.07) is 12.9. The first-order chi connectivity index (χ1) is 14.5. The van der Waals surface area contributed by atoms with Gasteiger partial charge in [-0.1, -0.05) is 23.4 Å². The predicted molar refractivity (Wildman–Crippen MR) is 113 cm³/mol. The molecule has 0 amide bonds. The SMILES string of the molecule is COc1cc(Cl)c(-c2c(=O)ncn3nc(Sc4ccc(F)cc4)ccc23)cc1OC. The lowest BCUT2D eigenvalue weighted by atomic mass is 10.1. The van der Waals surface area contributed by atoms with E-state index in [0.717, 1.165) is 4.90 Å². The Morgan fingerprint density at radius 3 is 2.43 bits per heavy atom. The Hall–Kier alpha value is -3.10. The van der Waals surface area contributed by atoms with Gasteiger partial charge in [-0.15, -0.1) is 0 Å². The van der Waals surface area contributed by atoms with Crippen LogP contribution in [0.1, 0.15) is 0 Å². The van der Waals surface area contributed by atoms with E-state index in [4.69, 9.17) is 21.1 Å². The Balaban J connectivity index is 1.82. The van der Waals surface area contributed by atoms with Crippen molar-refractivity contribution in [3.63, 3.8) is 0 Å². The summed E-state index contributed by atoms with van der Waals surface area (Å²) in [5.74, 6) is 0.592. The van der Waals surface area contributed by atoms with Crippen molar-refractivity contribution in [1.29, 1.82) is 0 Å². The van der Waals surface area contributed by atoms with Crippen LogP contribution in [-0.4, -0.2) is 28.8 Å². The van der Waals surface area contributed by atoms with Crippen molar-refractivity contribution in [3.8, 4) is 22.6 Å². The molecule has 2 heterocycles. The quantitative estimate of drug-likeness (QED) is 0.444. The van der Waals surface area contributed by atoms with Crippen molar-refractivity contribution in [1.82, 2.24) is 14.6 Å². The Labute approximate surface area is 180 Å². The van der Waals surface area contributed by atoms with Crippen molar-refractivity contribution < 1.29 is 13.9 Å². The molecule has 0 bridgehead atoms. The minimum atomic E-state index is -0.440. The number of methoxy groups -OCH3 is 2. The Morgan fingerprint density at radius 1 is 1.03 bits per heavy atom. The third kappa shape index (κ3) is 3.83. The zero-order valence-electron chi connectivity index (χ0n) is 15.9. The third-order valence-corrected chi connectivity index (χ3v) is 5.62. The van der Waals surface area contributed by atoms with Gasteiger partial charge in [-0.3, -0.25) is 4.79 Å². The van der Waals surface area contributed by atoms with Crippen molar-refractivity contribution in [3.05, 3.63) is 76.1 Å². The van der Waals surface area contributed by atoms with E-state index in [2.05, 4.69) is 10.1 Å². The van der Waals surface area contributed by atoms with Crippen molar-refractivity contribution in [2.75, 3.05) is 14.2 Å². The molecule has 0 fully saturated rings. The number of aromatic nitrogens is 3. The molecule has 0 aliphatic heterocycles. The van der Waals surface area contributed by atoms with Crippen LogP contribution in [0, 0.1) is 5.82 Å². The van der Waals surface area contributed by atoms with E-state index in [0.29, 0.717) is 38.2 Å². The molecule has 4 aromatic rings. The normalized spacial score (nSPS) is 10.9. The number of hydrogen-bond donors (Lipinski definition) is 0. The monoisotopic (exact) mass is 443 g/mol. The van der Waals surface area contributed by atoms with E-state index in [9.17, 15) is 9.18 Å². The summed E-state index contributed by atoms with van der Waals surface area (Å²) in [6.45, 7) is 0. The lowest BCUT2D eigenvalue weighted by Crippen LogP contribution is -2.14. The van der Waals surface area contributed by atoms with Crippen LogP contribution < -0.4 is 15.0 Å². The lowest BCUT2D eigenvalue weighted by molar-refractivity contribution is 0.355. The molecule has 0 saturated carbocycles. The molecule has 6 nitrogen and oxygen atoms in total. The molecule has 0 saturated heterocycles. The maximum atomic E-state index is 13.1. The topological polar surface area (TPSA) is 65.7 Å². The number of halogens is 2. The van der Waals surface area contributed by atoms with Gasteiger partial charge in [0.2, 0.25) is 0 Å². The summed E-state index contributed by atoms with van der Waals surface area (Å²) in [6.07, 6.45) is 1.35. The molecule has 0 radical (unpaired) electrons. The summed E-state index contributed by atoms with van der Waals surface area (Å²) in [5, 5.41) is 5.49. The predicted octanol–water partition coefficient (Wildman–Crippen LogP) is 4.72. The molecular formula is C21H15ClFN3O3S. The van der Waals surface area contributed by atoms with E-state index in [1.54, 1.807) is 36.4 Å². The highest BCUT2D eigenvalue weighted by molar-refractivity contribution is 7.99. The summed E-state index contributed by atoms with van der Waals surface area (Å²) in [7, 11) is 3.01. The first-order valence-electron chi connectivity index (χ1n) is 8.74. The third-order valence-electron chi connectivity index (χ3n) is 4.37. The van der Waals surface area contributed by atoms with E-state index < -0.39 is 5.56 Å². The standard InChI is InChI=1S/C21H15ClFN3O3S/c1-28-17-9-14(15(22)10-18(17)29-2)20-16-7-8-19(25-26(16)11-24-21(20)27)30-13-5-3-12(23)4-6-13/h3-11H,1-2H3. The fraction of sp³-hybridized carbons (Fsp3) is 0.0952. The zero-order chi connectivity index (χ0) is 21.3. The highest BCUT2D eigenvalue weighted by atomic mass is 35.5. The molecule has 2 aromatic heterocycles. The van der Waals surface area contributed by atoms with Crippen LogP contribution in [0.15, 0.2) is 69.6 Å². The Kier molecular flexibility index (Phi) is 5.61. The molecule has 0 spiro atoms. The number of benzene rings is 2.